The first kappa shape index (κ1) is 23.6. The van der Waals surface area contributed by atoms with Gasteiger partial charge in [0.15, 0.2) is 22.4 Å². The van der Waals surface area contributed by atoms with Gasteiger partial charge in [-0.3, -0.25) is 9.89 Å². The molecule has 0 amide bonds. The lowest BCUT2D eigenvalue weighted by molar-refractivity contribution is -0.377. The number of H-pyrrole nitrogens is 2. The normalized spacial score (nSPS) is 11.2. The molecule has 2 N–H and O–H groups in total. The molecule has 0 fully saturated rings. The van der Waals surface area contributed by atoms with Crippen LogP contribution in [0.3, 0.4) is 0 Å². The van der Waals surface area contributed by atoms with Gasteiger partial charge < -0.3 is 4.55 Å². The standard InChI is InChI=1S/C11H11N5OS2.C7H8O3S/c1-7-9(10(17)16(15-7)11(18)19-2)14-13-8-4-3-5-12-6-8;1-6-2-4-7(5-3-6)11(8,9)10/h3-6,15H,1-2H3;2-5H,1H3,(H,8,9,10). The lowest BCUT2D eigenvalue weighted by atomic mass is 10.2. The number of rotatable bonds is 3. The second kappa shape index (κ2) is 10.4. The second-order valence-electron chi connectivity index (χ2n) is 5.92. The average molecular weight is 466 g/mol. The number of pyridine rings is 1. The van der Waals surface area contributed by atoms with E-state index in [1.165, 1.54) is 28.6 Å². The van der Waals surface area contributed by atoms with Gasteiger partial charge in [-0.1, -0.05) is 41.7 Å². The number of aryl methyl sites for hydroxylation is 2. The molecule has 0 bridgehead atoms. The number of aromatic nitrogens is 3. The zero-order valence-corrected chi connectivity index (χ0v) is 18.8. The third-order valence-corrected chi connectivity index (χ3v) is 5.73. The number of hydrogen-bond acceptors (Lipinski definition) is 8. The third-order valence-electron chi connectivity index (χ3n) is 3.66. The molecule has 0 aliphatic heterocycles. The van der Waals surface area contributed by atoms with E-state index in [1.54, 1.807) is 43.6 Å². The van der Waals surface area contributed by atoms with Crippen molar-refractivity contribution in [3.8, 4) is 0 Å². The van der Waals surface area contributed by atoms with E-state index in [0.29, 0.717) is 15.7 Å². The minimum atomic E-state index is -4.27. The number of nitrogens with one attached hydrogen (secondary N) is 2. The van der Waals surface area contributed by atoms with Gasteiger partial charge in [0.25, 0.3) is 0 Å². The lowest BCUT2D eigenvalue weighted by Gasteiger charge is -2.05. The van der Waals surface area contributed by atoms with Crippen molar-refractivity contribution in [2.45, 2.75) is 18.7 Å². The van der Waals surface area contributed by atoms with Crippen molar-refractivity contribution < 1.29 is 18.0 Å². The van der Waals surface area contributed by atoms with Crippen molar-refractivity contribution in [2.75, 3.05) is 6.26 Å². The molecule has 0 spiro atoms. The molecule has 0 saturated heterocycles. The number of nitrogens with zero attached hydrogens (tertiary/aromatic N) is 3. The molecule has 3 rings (SSSR count). The Morgan fingerprint density at radius 2 is 1.87 bits per heavy atom. The van der Waals surface area contributed by atoms with Crippen molar-refractivity contribution in [3.05, 3.63) is 70.4 Å². The van der Waals surface area contributed by atoms with Crippen LogP contribution < -0.4 is 10.5 Å². The quantitative estimate of drug-likeness (QED) is 0.359. The summed E-state index contributed by atoms with van der Waals surface area (Å²) in [6.45, 7) is 3.58. The summed E-state index contributed by atoms with van der Waals surface area (Å²) in [6.07, 6.45) is 5.27. The van der Waals surface area contributed by atoms with E-state index in [4.69, 9.17) is 12.2 Å². The SMILES string of the molecule is CSC(=S)n1[nH]c(C)c(N=Nc2ccc[nH+]c2)c1=O.Cc1ccc(S(=O)(=O)[O-])cc1. The predicted molar refractivity (Wildman–Crippen MR) is 118 cm³/mol. The Morgan fingerprint density at radius 3 is 2.40 bits per heavy atom. The fourth-order valence-corrected chi connectivity index (χ4v) is 3.04. The van der Waals surface area contributed by atoms with Crippen molar-refractivity contribution in [3.63, 3.8) is 0 Å². The number of thioether (sulfide) groups is 1. The summed E-state index contributed by atoms with van der Waals surface area (Å²) < 4.78 is 32.9. The number of hydrogen-bond donors (Lipinski definition) is 1. The highest BCUT2D eigenvalue weighted by Crippen LogP contribution is 2.16. The summed E-state index contributed by atoms with van der Waals surface area (Å²) >= 11 is 6.39. The van der Waals surface area contributed by atoms with Gasteiger partial charge in [-0.2, -0.15) is 0 Å². The summed E-state index contributed by atoms with van der Waals surface area (Å²) in [7, 11) is -4.27. The molecular weight excluding hydrogens is 446 g/mol. The highest BCUT2D eigenvalue weighted by Gasteiger charge is 2.13. The fraction of sp³-hybridized carbons (Fsp3) is 0.167. The van der Waals surface area contributed by atoms with Crippen LogP contribution in [0.15, 0.2) is 68.7 Å². The minimum absolute atomic E-state index is 0.178. The van der Waals surface area contributed by atoms with Gasteiger partial charge in [-0.15, -0.1) is 10.2 Å². The maximum atomic E-state index is 12.1. The summed E-state index contributed by atoms with van der Waals surface area (Å²) in [6, 6.07) is 9.37. The van der Waals surface area contributed by atoms with Crippen LogP contribution in [0.4, 0.5) is 11.4 Å². The molecule has 9 nitrogen and oxygen atoms in total. The molecule has 2 aromatic heterocycles. The molecule has 2 heterocycles. The Hall–Kier alpha value is -2.67. The molecule has 0 radical (unpaired) electrons. The van der Waals surface area contributed by atoms with Gasteiger partial charge >= 0.3 is 5.56 Å². The van der Waals surface area contributed by atoms with Gasteiger partial charge in [0.05, 0.1) is 10.6 Å². The monoisotopic (exact) mass is 465 g/mol. The van der Waals surface area contributed by atoms with E-state index in [9.17, 15) is 17.8 Å². The molecular formula is C18H19N5O4S3. The van der Waals surface area contributed by atoms with Crippen LogP contribution in [-0.4, -0.2) is 33.3 Å². The van der Waals surface area contributed by atoms with Gasteiger partial charge in [-0.05, 0) is 38.3 Å². The zero-order valence-electron chi connectivity index (χ0n) is 16.3. The first-order valence-electron chi connectivity index (χ1n) is 8.44. The van der Waals surface area contributed by atoms with Gasteiger partial charge in [-0.25, -0.2) is 18.1 Å². The van der Waals surface area contributed by atoms with E-state index >= 15 is 0 Å². The zero-order chi connectivity index (χ0) is 22.3. The fourth-order valence-electron chi connectivity index (χ4n) is 2.13. The molecule has 3 aromatic rings. The van der Waals surface area contributed by atoms with Gasteiger partial charge in [0.2, 0.25) is 0 Å². The van der Waals surface area contributed by atoms with Crippen LogP contribution in [0.5, 0.6) is 0 Å². The van der Waals surface area contributed by atoms with Crippen LogP contribution in [-0.2, 0) is 10.1 Å². The molecule has 0 aliphatic carbocycles. The van der Waals surface area contributed by atoms with Crippen molar-refractivity contribution in [1.82, 2.24) is 9.78 Å². The van der Waals surface area contributed by atoms with Crippen LogP contribution >= 0.6 is 24.0 Å². The van der Waals surface area contributed by atoms with E-state index in [1.807, 2.05) is 13.2 Å². The van der Waals surface area contributed by atoms with Crippen molar-refractivity contribution in [2.24, 2.45) is 10.2 Å². The molecule has 30 heavy (non-hydrogen) atoms. The molecule has 0 saturated carbocycles. The van der Waals surface area contributed by atoms with Crippen molar-refractivity contribution >= 4 is 49.8 Å². The Bertz CT molecular complexity index is 1200. The van der Waals surface area contributed by atoms with E-state index in [0.717, 1.165) is 5.56 Å². The maximum absolute atomic E-state index is 12.1. The predicted octanol–water partition coefficient (Wildman–Crippen LogP) is 3.11. The first-order valence-corrected chi connectivity index (χ1v) is 11.5. The Morgan fingerprint density at radius 1 is 1.20 bits per heavy atom. The molecule has 12 heteroatoms. The third kappa shape index (κ3) is 6.42. The topological polar surface area (TPSA) is 134 Å². The largest absolute Gasteiger partial charge is 0.744 e. The highest BCUT2D eigenvalue weighted by atomic mass is 32.2. The summed E-state index contributed by atoms with van der Waals surface area (Å²) in [4.78, 5) is 14.8. The number of aromatic amines is 2. The van der Waals surface area contributed by atoms with E-state index < -0.39 is 10.1 Å². The van der Waals surface area contributed by atoms with Crippen molar-refractivity contribution in [1.29, 1.82) is 0 Å². The van der Waals surface area contributed by atoms with Crippen LogP contribution in [0.25, 0.3) is 0 Å². The molecule has 0 atom stereocenters. The molecule has 0 unspecified atom stereocenters. The second-order valence-corrected chi connectivity index (χ2v) is 8.74. The highest BCUT2D eigenvalue weighted by molar-refractivity contribution is 8.22. The summed E-state index contributed by atoms with van der Waals surface area (Å²) in [5.74, 6) is 0. The number of azo groups is 1. The minimum Gasteiger partial charge on any atom is -0.744 e. The van der Waals surface area contributed by atoms with Gasteiger partial charge in [0.1, 0.15) is 15.8 Å². The maximum Gasteiger partial charge on any atom is 0.300 e. The lowest BCUT2D eigenvalue weighted by Crippen LogP contribution is -2.20. The van der Waals surface area contributed by atoms with Crippen LogP contribution in [0, 0.1) is 13.8 Å². The number of benzene rings is 1. The Kier molecular flexibility index (Phi) is 8.17. The van der Waals surface area contributed by atoms with E-state index in [-0.39, 0.29) is 16.1 Å². The Balaban J connectivity index is 0.000000248. The smallest absolute Gasteiger partial charge is 0.300 e. The van der Waals surface area contributed by atoms with E-state index in [2.05, 4.69) is 20.3 Å². The van der Waals surface area contributed by atoms with Crippen LogP contribution in [0.1, 0.15) is 11.3 Å². The molecule has 0 aliphatic rings. The first-order chi connectivity index (χ1) is 14.1. The molecule has 1 aromatic carbocycles. The molecule has 158 valence electrons. The Labute approximate surface area is 183 Å². The average Bonchev–Trinajstić information content (AvgIpc) is 3.00. The van der Waals surface area contributed by atoms with Crippen LogP contribution in [0.2, 0.25) is 0 Å². The summed E-state index contributed by atoms with van der Waals surface area (Å²) in [5, 5.41) is 10.9. The summed E-state index contributed by atoms with van der Waals surface area (Å²) in [5.41, 5.74) is 2.17. The van der Waals surface area contributed by atoms with Gasteiger partial charge in [0, 0.05) is 6.07 Å². The number of thiocarbonyl (C=S) groups is 1.